The molecule has 0 aromatic heterocycles. The SMILES string of the molecule is COc1cc(NC2CCSC2)c(Br)cc1Br. The van der Waals surface area contributed by atoms with Gasteiger partial charge in [0.25, 0.3) is 0 Å². The van der Waals surface area contributed by atoms with Crippen LogP contribution < -0.4 is 10.1 Å². The molecule has 1 aliphatic heterocycles. The van der Waals surface area contributed by atoms with Crippen molar-refractivity contribution in [3.05, 3.63) is 21.1 Å². The maximum atomic E-state index is 5.29. The van der Waals surface area contributed by atoms with Gasteiger partial charge in [-0.15, -0.1) is 0 Å². The molecule has 1 aliphatic rings. The number of halogens is 2. The number of rotatable bonds is 3. The third kappa shape index (κ3) is 2.87. The van der Waals surface area contributed by atoms with Gasteiger partial charge in [-0.25, -0.2) is 0 Å². The van der Waals surface area contributed by atoms with E-state index in [1.807, 2.05) is 23.9 Å². The Labute approximate surface area is 117 Å². The minimum Gasteiger partial charge on any atom is -0.495 e. The van der Waals surface area contributed by atoms with E-state index in [1.165, 1.54) is 17.9 Å². The topological polar surface area (TPSA) is 21.3 Å². The number of hydrogen-bond acceptors (Lipinski definition) is 3. The van der Waals surface area contributed by atoms with Crippen LogP contribution in [0, 0.1) is 0 Å². The number of methoxy groups -OCH3 is 1. The lowest BCUT2D eigenvalue weighted by Crippen LogP contribution is -2.18. The van der Waals surface area contributed by atoms with Crippen molar-refractivity contribution in [2.45, 2.75) is 12.5 Å². The third-order valence-electron chi connectivity index (χ3n) is 2.53. The molecule has 0 radical (unpaired) electrons. The zero-order valence-electron chi connectivity index (χ0n) is 8.93. The number of thioether (sulfide) groups is 1. The lowest BCUT2D eigenvalue weighted by molar-refractivity contribution is 0.412. The molecule has 16 heavy (non-hydrogen) atoms. The Hall–Kier alpha value is 0.130. The zero-order valence-corrected chi connectivity index (χ0v) is 12.9. The maximum absolute atomic E-state index is 5.29. The second-order valence-electron chi connectivity index (χ2n) is 3.67. The van der Waals surface area contributed by atoms with Crippen molar-refractivity contribution in [3.8, 4) is 5.75 Å². The number of hydrogen-bond donors (Lipinski definition) is 1. The molecule has 1 fully saturated rings. The summed E-state index contributed by atoms with van der Waals surface area (Å²) in [7, 11) is 1.68. The van der Waals surface area contributed by atoms with Gasteiger partial charge in [-0.05, 0) is 50.1 Å². The molecule has 2 nitrogen and oxygen atoms in total. The van der Waals surface area contributed by atoms with E-state index in [2.05, 4.69) is 37.2 Å². The highest BCUT2D eigenvalue weighted by Crippen LogP contribution is 2.35. The third-order valence-corrected chi connectivity index (χ3v) is 4.97. The highest BCUT2D eigenvalue weighted by atomic mass is 79.9. The number of benzene rings is 1. The van der Waals surface area contributed by atoms with Crippen LogP contribution in [0.4, 0.5) is 5.69 Å². The zero-order chi connectivity index (χ0) is 11.5. The van der Waals surface area contributed by atoms with Crippen molar-refractivity contribution in [2.24, 2.45) is 0 Å². The minimum atomic E-state index is 0.576. The molecule has 1 N–H and O–H groups in total. The molecule has 1 atom stereocenters. The molecule has 88 valence electrons. The molecule has 1 saturated heterocycles. The monoisotopic (exact) mass is 365 g/mol. The second-order valence-corrected chi connectivity index (χ2v) is 6.53. The predicted octanol–water partition coefficient (Wildman–Crippen LogP) is 4.14. The van der Waals surface area contributed by atoms with Crippen LogP contribution in [0.25, 0.3) is 0 Å². The van der Waals surface area contributed by atoms with Gasteiger partial charge in [-0.3, -0.25) is 0 Å². The van der Waals surface area contributed by atoms with Gasteiger partial charge in [0.1, 0.15) is 5.75 Å². The van der Waals surface area contributed by atoms with Crippen LogP contribution in [0.2, 0.25) is 0 Å². The average molecular weight is 367 g/mol. The van der Waals surface area contributed by atoms with E-state index < -0.39 is 0 Å². The van der Waals surface area contributed by atoms with E-state index in [0.29, 0.717) is 6.04 Å². The first-order valence-corrected chi connectivity index (χ1v) is 7.82. The molecular weight excluding hydrogens is 354 g/mol. The summed E-state index contributed by atoms with van der Waals surface area (Å²) in [5, 5.41) is 3.54. The Bertz CT molecular complexity index is 380. The van der Waals surface area contributed by atoms with Crippen molar-refractivity contribution in [2.75, 3.05) is 23.9 Å². The van der Waals surface area contributed by atoms with E-state index in [-0.39, 0.29) is 0 Å². The van der Waals surface area contributed by atoms with Crippen LogP contribution in [-0.4, -0.2) is 24.7 Å². The molecular formula is C11H13Br2NOS. The molecule has 5 heteroatoms. The lowest BCUT2D eigenvalue weighted by Gasteiger charge is -2.16. The number of ether oxygens (including phenoxy) is 1. The minimum absolute atomic E-state index is 0.576. The van der Waals surface area contributed by atoms with Crippen LogP contribution in [-0.2, 0) is 0 Å². The van der Waals surface area contributed by atoms with Crippen LogP contribution in [0.5, 0.6) is 5.75 Å². The first-order valence-electron chi connectivity index (χ1n) is 5.08. The van der Waals surface area contributed by atoms with E-state index in [9.17, 15) is 0 Å². The fourth-order valence-corrected chi connectivity index (χ4v) is 4.09. The summed E-state index contributed by atoms with van der Waals surface area (Å²) in [6, 6.07) is 4.62. The Balaban J connectivity index is 2.18. The van der Waals surface area contributed by atoms with Crippen LogP contribution in [0.15, 0.2) is 21.1 Å². The van der Waals surface area contributed by atoms with Crippen molar-refractivity contribution in [1.29, 1.82) is 0 Å². The van der Waals surface area contributed by atoms with E-state index in [0.717, 1.165) is 20.4 Å². The summed E-state index contributed by atoms with van der Waals surface area (Å²) in [6.07, 6.45) is 1.23. The summed E-state index contributed by atoms with van der Waals surface area (Å²) in [5.41, 5.74) is 1.10. The predicted molar refractivity (Wildman–Crippen MR) is 77.7 cm³/mol. The summed E-state index contributed by atoms with van der Waals surface area (Å²) >= 11 is 9.03. The largest absolute Gasteiger partial charge is 0.495 e. The molecule has 0 aliphatic carbocycles. The van der Waals surface area contributed by atoms with Gasteiger partial charge in [0.15, 0.2) is 0 Å². The average Bonchev–Trinajstić information content (AvgIpc) is 2.75. The maximum Gasteiger partial charge on any atom is 0.135 e. The van der Waals surface area contributed by atoms with Gasteiger partial charge in [0, 0.05) is 22.3 Å². The first-order chi connectivity index (χ1) is 7.70. The Morgan fingerprint density at radius 3 is 2.81 bits per heavy atom. The van der Waals surface area contributed by atoms with Gasteiger partial charge in [-0.2, -0.15) is 11.8 Å². The van der Waals surface area contributed by atoms with Crippen LogP contribution in [0.1, 0.15) is 6.42 Å². The highest BCUT2D eigenvalue weighted by molar-refractivity contribution is 9.11. The summed E-state index contributed by atoms with van der Waals surface area (Å²) in [5.74, 6) is 3.30. The summed E-state index contributed by atoms with van der Waals surface area (Å²) in [6.45, 7) is 0. The van der Waals surface area contributed by atoms with Gasteiger partial charge in [0.05, 0.1) is 17.3 Å². The van der Waals surface area contributed by atoms with Crippen molar-refractivity contribution in [1.82, 2.24) is 0 Å². The van der Waals surface area contributed by atoms with E-state index in [4.69, 9.17) is 4.74 Å². The van der Waals surface area contributed by atoms with Crippen molar-refractivity contribution >= 4 is 49.3 Å². The molecule has 1 aromatic rings. The van der Waals surface area contributed by atoms with E-state index >= 15 is 0 Å². The fraction of sp³-hybridized carbons (Fsp3) is 0.455. The Morgan fingerprint density at radius 2 is 2.19 bits per heavy atom. The highest BCUT2D eigenvalue weighted by Gasteiger charge is 2.17. The van der Waals surface area contributed by atoms with Crippen molar-refractivity contribution < 1.29 is 4.74 Å². The molecule has 0 bridgehead atoms. The van der Waals surface area contributed by atoms with Gasteiger partial charge >= 0.3 is 0 Å². The summed E-state index contributed by atoms with van der Waals surface area (Å²) < 4.78 is 7.32. The van der Waals surface area contributed by atoms with Crippen molar-refractivity contribution in [3.63, 3.8) is 0 Å². The fourth-order valence-electron chi connectivity index (χ4n) is 1.66. The van der Waals surface area contributed by atoms with E-state index in [1.54, 1.807) is 7.11 Å². The van der Waals surface area contributed by atoms with Gasteiger partial charge in [-0.1, -0.05) is 0 Å². The molecule has 1 aromatic carbocycles. The quantitative estimate of drug-likeness (QED) is 0.868. The number of nitrogens with one attached hydrogen (secondary N) is 1. The second kappa shape index (κ2) is 5.65. The van der Waals surface area contributed by atoms with Crippen LogP contribution >= 0.6 is 43.6 Å². The Kier molecular flexibility index (Phi) is 4.44. The lowest BCUT2D eigenvalue weighted by atomic mass is 10.2. The van der Waals surface area contributed by atoms with Gasteiger partial charge in [0.2, 0.25) is 0 Å². The molecule has 0 saturated carbocycles. The molecule has 1 unspecified atom stereocenters. The molecule has 0 amide bonds. The normalized spacial score (nSPS) is 19.8. The summed E-state index contributed by atoms with van der Waals surface area (Å²) in [4.78, 5) is 0. The Morgan fingerprint density at radius 1 is 1.38 bits per heavy atom. The number of anilines is 1. The molecule has 0 spiro atoms. The standard InChI is InChI=1S/C11H13Br2NOS/c1-15-11-5-10(8(12)4-9(11)13)14-7-2-3-16-6-7/h4-5,7,14H,2-3,6H2,1H3. The van der Waals surface area contributed by atoms with Crippen LogP contribution in [0.3, 0.4) is 0 Å². The smallest absolute Gasteiger partial charge is 0.135 e. The molecule has 2 rings (SSSR count). The first kappa shape index (κ1) is 12.6. The molecule has 1 heterocycles. The van der Waals surface area contributed by atoms with Gasteiger partial charge < -0.3 is 10.1 Å².